The first-order chi connectivity index (χ1) is 9.62. The van der Waals surface area contributed by atoms with E-state index in [4.69, 9.17) is 16.7 Å². The van der Waals surface area contributed by atoms with Crippen molar-refractivity contribution in [3.8, 4) is 5.69 Å². The molecule has 0 unspecified atom stereocenters. The second kappa shape index (κ2) is 5.07. The summed E-state index contributed by atoms with van der Waals surface area (Å²) in [4.78, 5) is 11.0. The van der Waals surface area contributed by atoms with Crippen molar-refractivity contribution in [2.45, 2.75) is 20.0 Å². The molecule has 1 aromatic heterocycles. The number of hydrogen-bond donors (Lipinski definition) is 1. The molecule has 2 rings (SSSR count). The molecule has 0 bridgehead atoms. The fourth-order valence-electron chi connectivity index (χ4n) is 1.89. The van der Waals surface area contributed by atoms with Gasteiger partial charge >= 0.3 is 12.1 Å². The van der Waals surface area contributed by atoms with Crippen LogP contribution in [0.3, 0.4) is 0 Å². The second-order valence-electron chi connectivity index (χ2n) is 4.52. The summed E-state index contributed by atoms with van der Waals surface area (Å²) in [6.45, 7) is 3.42. The number of halogens is 4. The summed E-state index contributed by atoms with van der Waals surface area (Å²) < 4.78 is 39.5. The maximum Gasteiger partial charge on any atom is 0.436 e. The number of carboxylic acids is 1. The van der Waals surface area contributed by atoms with E-state index in [9.17, 15) is 18.0 Å². The Kier molecular flexibility index (Phi) is 3.71. The zero-order valence-corrected chi connectivity index (χ0v) is 11.7. The minimum absolute atomic E-state index is 0.304. The molecule has 0 radical (unpaired) electrons. The molecular formula is C13H10ClF3N2O2. The summed E-state index contributed by atoms with van der Waals surface area (Å²) in [6, 6.07) is 5.05. The number of aryl methyl sites for hydroxylation is 2. The van der Waals surface area contributed by atoms with Crippen LogP contribution >= 0.6 is 11.6 Å². The van der Waals surface area contributed by atoms with Crippen LogP contribution in [0.15, 0.2) is 18.2 Å². The van der Waals surface area contributed by atoms with Gasteiger partial charge in [-0.05, 0) is 31.0 Å². The minimum atomic E-state index is -4.90. The van der Waals surface area contributed by atoms with Crippen molar-refractivity contribution in [3.05, 3.63) is 45.7 Å². The summed E-state index contributed by atoms with van der Waals surface area (Å²) in [6.07, 6.45) is -4.90. The van der Waals surface area contributed by atoms with Gasteiger partial charge in [-0.1, -0.05) is 23.7 Å². The average Bonchev–Trinajstić information content (AvgIpc) is 2.70. The number of benzene rings is 1. The largest absolute Gasteiger partial charge is 0.478 e. The van der Waals surface area contributed by atoms with Gasteiger partial charge in [-0.15, -0.1) is 0 Å². The molecule has 2 aromatic rings. The molecule has 4 nitrogen and oxygen atoms in total. The van der Waals surface area contributed by atoms with Gasteiger partial charge in [-0.25, -0.2) is 9.48 Å². The first kappa shape index (κ1) is 15.4. The van der Waals surface area contributed by atoms with Gasteiger partial charge in [0.05, 0.1) is 5.69 Å². The SMILES string of the molecule is Cc1ccc(C)c(-n2nc(C(F)(F)F)c(C(=O)O)c2Cl)c1. The third-order valence-electron chi connectivity index (χ3n) is 2.90. The maximum atomic E-state index is 12.9. The molecule has 8 heteroatoms. The van der Waals surface area contributed by atoms with Gasteiger partial charge in [0.15, 0.2) is 5.69 Å². The van der Waals surface area contributed by atoms with Crippen molar-refractivity contribution in [1.29, 1.82) is 0 Å². The van der Waals surface area contributed by atoms with Crippen molar-refractivity contribution in [3.63, 3.8) is 0 Å². The number of carbonyl (C=O) groups is 1. The van der Waals surface area contributed by atoms with Crippen molar-refractivity contribution in [2.75, 3.05) is 0 Å². The Morgan fingerprint density at radius 1 is 1.33 bits per heavy atom. The maximum absolute atomic E-state index is 12.9. The van der Waals surface area contributed by atoms with Gasteiger partial charge < -0.3 is 5.11 Å². The van der Waals surface area contributed by atoms with E-state index < -0.39 is 28.6 Å². The molecule has 1 N–H and O–H groups in total. The highest BCUT2D eigenvalue weighted by molar-refractivity contribution is 6.33. The Labute approximate surface area is 122 Å². The molecule has 0 saturated carbocycles. The average molecular weight is 319 g/mol. The van der Waals surface area contributed by atoms with E-state index in [0.29, 0.717) is 11.3 Å². The van der Waals surface area contributed by atoms with Crippen molar-refractivity contribution < 1.29 is 23.1 Å². The van der Waals surface area contributed by atoms with E-state index in [1.54, 1.807) is 32.0 Å². The Morgan fingerprint density at radius 2 is 1.95 bits per heavy atom. The number of carboxylic acid groups (broad SMARTS) is 1. The van der Waals surface area contributed by atoms with Gasteiger partial charge in [0, 0.05) is 0 Å². The number of hydrogen-bond acceptors (Lipinski definition) is 2. The highest BCUT2D eigenvalue weighted by Crippen LogP contribution is 2.36. The normalized spacial score (nSPS) is 11.7. The molecule has 21 heavy (non-hydrogen) atoms. The van der Waals surface area contributed by atoms with Crippen LogP contribution in [0.1, 0.15) is 27.2 Å². The monoisotopic (exact) mass is 318 g/mol. The smallest absolute Gasteiger partial charge is 0.436 e. The lowest BCUT2D eigenvalue weighted by atomic mass is 10.1. The number of aromatic nitrogens is 2. The number of nitrogens with zero attached hydrogens (tertiary/aromatic N) is 2. The lowest BCUT2D eigenvalue weighted by Gasteiger charge is -2.08. The van der Waals surface area contributed by atoms with E-state index in [0.717, 1.165) is 10.2 Å². The molecule has 0 aliphatic rings. The van der Waals surface area contributed by atoms with Crippen molar-refractivity contribution >= 4 is 17.6 Å². The van der Waals surface area contributed by atoms with Crippen molar-refractivity contribution in [2.24, 2.45) is 0 Å². The van der Waals surface area contributed by atoms with E-state index in [1.807, 2.05) is 0 Å². The fourth-order valence-corrected chi connectivity index (χ4v) is 2.19. The van der Waals surface area contributed by atoms with Gasteiger partial charge in [0.1, 0.15) is 10.7 Å². The Balaban J connectivity index is 2.77. The molecule has 0 saturated heterocycles. The van der Waals surface area contributed by atoms with Crippen LogP contribution in [0.5, 0.6) is 0 Å². The quantitative estimate of drug-likeness (QED) is 0.914. The van der Waals surface area contributed by atoms with E-state index in [-0.39, 0.29) is 0 Å². The molecule has 112 valence electrons. The first-order valence-corrected chi connectivity index (χ1v) is 6.17. The highest BCUT2D eigenvalue weighted by atomic mass is 35.5. The summed E-state index contributed by atoms with van der Waals surface area (Å²) >= 11 is 5.81. The van der Waals surface area contributed by atoms with Crippen LogP contribution in [-0.2, 0) is 6.18 Å². The molecule has 0 fully saturated rings. The van der Waals surface area contributed by atoms with Gasteiger partial charge in [0.2, 0.25) is 0 Å². The predicted octanol–water partition coefficient (Wildman–Crippen LogP) is 3.86. The Bertz CT molecular complexity index is 723. The molecule has 0 amide bonds. The van der Waals surface area contributed by atoms with Crippen LogP contribution in [0.4, 0.5) is 13.2 Å². The number of alkyl halides is 3. The van der Waals surface area contributed by atoms with Gasteiger partial charge in [-0.2, -0.15) is 18.3 Å². The highest BCUT2D eigenvalue weighted by Gasteiger charge is 2.41. The molecular weight excluding hydrogens is 309 g/mol. The zero-order chi connectivity index (χ0) is 15.9. The molecule has 1 aromatic carbocycles. The summed E-state index contributed by atoms with van der Waals surface area (Å²) in [7, 11) is 0. The minimum Gasteiger partial charge on any atom is -0.478 e. The third-order valence-corrected chi connectivity index (χ3v) is 3.25. The number of aromatic carboxylic acids is 1. The third kappa shape index (κ3) is 2.73. The standard InChI is InChI=1S/C13H10ClF3N2O2/c1-6-3-4-7(2)8(5-6)19-11(14)9(12(20)21)10(18-19)13(15,16)17/h3-5H,1-2H3,(H,20,21). The van der Waals surface area contributed by atoms with Gasteiger partial charge in [0.25, 0.3) is 0 Å². The lowest BCUT2D eigenvalue weighted by molar-refractivity contribution is -0.141. The molecule has 0 atom stereocenters. The van der Waals surface area contributed by atoms with E-state index >= 15 is 0 Å². The van der Waals surface area contributed by atoms with Crippen molar-refractivity contribution in [1.82, 2.24) is 9.78 Å². The van der Waals surface area contributed by atoms with Crippen LogP contribution < -0.4 is 0 Å². The van der Waals surface area contributed by atoms with Crippen LogP contribution in [0.25, 0.3) is 5.69 Å². The topological polar surface area (TPSA) is 55.1 Å². The molecule has 0 aliphatic carbocycles. The Morgan fingerprint density at radius 3 is 2.43 bits per heavy atom. The van der Waals surface area contributed by atoms with Crippen LogP contribution in [0.2, 0.25) is 5.15 Å². The Hall–Kier alpha value is -2.02. The predicted molar refractivity (Wildman–Crippen MR) is 70.0 cm³/mol. The molecule has 1 heterocycles. The van der Waals surface area contributed by atoms with Crippen LogP contribution in [0, 0.1) is 13.8 Å². The van der Waals surface area contributed by atoms with Gasteiger partial charge in [-0.3, -0.25) is 0 Å². The summed E-state index contributed by atoms with van der Waals surface area (Å²) in [5.41, 5.74) is -0.854. The fraction of sp³-hybridized carbons (Fsp3) is 0.231. The molecule has 0 aliphatic heterocycles. The molecule has 0 spiro atoms. The lowest BCUT2D eigenvalue weighted by Crippen LogP contribution is -2.12. The summed E-state index contributed by atoms with van der Waals surface area (Å²) in [5.74, 6) is -1.77. The van der Waals surface area contributed by atoms with E-state index in [1.165, 1.54) is 0 Å². The summed E-state index contributed by atoms with van der Waals surface area (Å²) in [5, 5.41) is 11.7. The first-order valence-electron chi connectivity index (χ1n) is 5.79. The van der Waals surface area contributed by atoms with Crippen LogP contribution in [-0.4, -0.2) is 20.9 Å². The second-order valence-corrected chi connectivity index (χ2v) is 4.88. The number of rotatable bonds is 2. The zero-order valence-electron chi connectivity index (χ0n) is 11.0. The van der Waals surface area contributed by atoms with E-state index in [2.05, 4.69) is 5.10 Å².